The van der Waals surface area contributed by atoms with Crippen molar-refractivity contribution in [3.8, 4) is 0 Å². The second-order valence-electron chi connectivity index (χ2n) is 5.66. The van der Waals surface area contributed by atoms with Gasteiger partial charge in [-0.05, 0) is 44.0 Å². The van der Waals surface area contributed by atoms with E-state index in [-0.39, 0.29) is 25.0 Å². The number of carbonyl (C=O) groups is 2. The molecule has 0 saturated carbocycles. The molecule has 0 radical (unpaired) electrons. The minimum absolute atomic E-state index is 0.0546. The van der Waals surface area contributed by atoms with Gasteiger partial charge in [0.1, 0.15) is 0 Å². The fourth-order valence-electron chi connectivity index (χ4n) is 2.61. The number of amides is 2. The molecule has 5 nitrogen and oxygen atoms in total. The number of hydrogen-bond acceptors (Lipinski definition) is 3. The van der Waals surface area contributed by atoms with Gasteiger partial charge >= 0.3 is 12.1 Å². The zero-order chi connectivity index (χ0) is 17.7. The molecule has 0 bridgehead atoms. The van der Waals surface area contributed by atoms with Crippen LogP contribution in [0.25, 0.3) is 0 Å². The zero-order valence-corrected chi connectivity index (χ0v) is 13.3. The summed E-state index contributed by atoms with van der Waals surface area (Å²) in [5, 5.41) is 5.82. The lowest BCUT2D eigenvalue weighted by Crippen LogP contribution is -2.40. The molecule has 1 aromatic rings. The van der Waals surface area contributed by atoms with E-state index in [0.29, 0.717) is 11.3 Å². The standard InChI is InChI=1S/C16H20F3N3O2/c1-2-22(15(24)16(17,18)19)10-11-5-3-6-12(9-11)21-14(23)13-7-4-8-20-13/h3,5-6,9,13,20H,2,4,7-8,10H2,1H3,(H,21,23). The summed E-state index contributed by atoms with van der Waals surface area (Å²) in [6.45, 7) is 2.06. The SMILES string of the molecule is CCN(Cc1cccc(NC(=O)C2CCCN2)c1)C(=O)C(F)(F)F. The number of benzene rings is 1. The molecular formula is C16H20F3N3O2. The van der Waals surface area contributed by atoms with E-state index in [1.165, 1.54) is 6.92 Å². The number of nitrogens with zero attached hydrogens (tertiary/aromatic N) is 1. The lowest BCUT2D eigenvalue weighted by molar-refractivity contribution is -0.185. The Hall–Kier alpha value is -2.09. The Bertz CT molecular complexity index is 598. The summed E-state index contributed by atoms with van der Waals surface area (Å²) in [6.07, 6.45) is -3.20. The van der Waals surface area contributed by atoms with Gasteiger partial charge in [-0.15, -0.1) is 0 Å². The van der Waals surface area contributed by atoms with E-state index in [9.17, 15) is 22.8 Å². The maximum Gasteiger partial charge on any atom is 0.471 e. The first-order valence-corrected chi connectivity index (χ1v) is 7.80. The van der Waals surface area contributed by atoms with Gasteiger partial charge in [-0.1, -0.05) is 12.1 Å². The van der Waals surface area contributed by atoms with E-state index in [2.05, 4.69) is 10.6 Å². The van der Waals surface area contributed by atoms with E-state index >= 15 is 0 Å². The monoisotopic (exact) mass is 343 g/mol. The van der Waals surface area contributed by atoms with Gasteiger partial charge in [0.25, 0.3) is 0 Å². The number of hydrogen-bond donors (Lipinski definition) is 2. The molecule has 1 saturated heterocycles. The summed E-state index contributed by atoms with van der Waals surface area (Å²) < 4.78 is 37.7. The molecule has 132 valence electrons. The van der Waals surface area contributed by atoms with E-state index in [0.717, 1.165) is 24.3 Å². The Morgan fingerprint density at radius 1 is 1.38 bits per heavy atom. The van der Waals surface area contributed by atoms with Gasteiger partial charge in [-0.2, -0.15) is 13.2 Å². The van der Waals surface area contributed by atoms with Crippen LogP contribution in [-0.4, -0.2) is 42.0 Å². The average Bonchev–Trinajstić information content (AvgIpc) is 3.06. The molecule has 0 aromatic heterocycles. The third kappa shape index (κ3) is 4.70. The van der Waals surface area contributed by atoms with Gasteiger partial charge in [0.2, 0.25) is 5.91 Å². The summed E-state index contributed by atoms with van der Waals surface area (Å²) in [4.78, 5) is 24.1. The zero-order valence-electron chi connectivity index (χ0n) is 13.3. The molecule has 8 heteroatoms. The highest BCUT2D eigenvalue weighted by molar-refractivity contribution is 5.95. The molecule has 1 unspecified atom stereocenters. The Balaban J connectivity index is 2.03. The lowest BCUT2D eigenvalue weighted by Gasteiger charge is -2.22. The summed E-state index contributed by atoms with van der Waals surface area (Å²) in [5.74, 6) is -2.03. The Morgan fingerprint density at radius 2 is 2.12 bits per heavy atom. The smallest absolute Gasteiger partial charge is 0.331 e. The first kappa shape index (κ1) is 18.3. The lowest BCUT2D eigenvalue weighted by atomic mass is 10.1. The molecule has 2 rings (SSSR count). The molecule has 0 aliphatic carbocycles. The Morgan fingerprint density at radius 3 is 2.71 bits per heavy atom. The average molecular weight is 343 g/mol. The van der Waals surface area contributed by atoms with Gasteiger partial charge in [0.15, 0.2) is 0 Å². The van der Waals surface area contributed by atoms with Gasteiger partial charge < -0.3 is 15.5 Å². The molecule has 1 heterocycles. The van der Waals surface area contributed by atoms with Gasteiger partial charge in [0, 0.05) is 18.8 Å². The number of carbonyl (C=O) groups excluding carboxylic acids is 2. The van der Waals surface area contributed by atoms with Gasteiger partial charge in [-0.3, -0.25) is 9.59 Å². The van der Waals surface area contributed by atoms with Crippen LogP contribution in [0.3, 0.4) is 0 Å². The van der Waals surface area contributed by atoms with E-state index < -0.39 is 12.1 Å². The molecule has 1 fully saturated rings. The van der Waals surface area contributed by atoms with Crippen molar-refractivity contribution in [2.75, 3.05) is 18.4 Å². The topological polar surface area (TPSA) is 61.4 Å². The van der Waals surface area contributed by atoms with Crippen LogP contribution in [0.4, 0.5) is 18.9 Å². The summed E-state index contributed by atoms with van der Waals surface area (Å²) in [5.41, 5.74) is 1.02. The van der Waals surface area contributed by atoms with Crippen molar-refractivity contribution in [1.29, 1.82) is 0 Å². The maximum atomic E-state index is 12.6. The van der Waals surface area contributed by atoms with Crippen LogP contribution in [0.5, 0.6) is 0 Å². The fourth-order valence-corrected chi connectivity index (χ4v) is 2.61. The number of anilines is 1. The van der Waals surface area contributed by atoms with Crippen molar-refractivity contribution in [2.45, 2.75) is 38.5 Å². The van der Waals surface area contributed by atoms with Crippen LogP contribution >= 0.6 is 0 Å². The van der Waals surface area contributed by atoms with E-state index in [1.54, 1.807) is 24.3 Å². The molecule has 1 aliphatic rings. The second-order valence-corrected chi connectivity index (χ2v) is 5.66. The van der Waals surface area contributed by atoms with Crippen LogP contribution in [-0.2, 0) is 16.1 Å². The number of halogens is 3. The van der Waals surface area contributed by atoms with Crippen LogP contribution in [0.1, 0.15) is 25.3 Å². The number of rotatable bonds is 5. The Kier molecular flexibility index (Phi) is 5.82. The molecule has 24 heavy (non-hydrogen) atoms. The molecule has 2 amide bonds. The van der Waals surface area contributed by atoms with E-state index in [1.807, 2.05) is 0 Å². The van der Waals surface area contributed by atoms with Crippen molar-refractivity contribution < 1.29 is 22.8 Å². The first-order valence-electron chi connectivity index (χ1n) is 7.80. The number of nitrogens with one attached hydrogen (secondary N) is 2. The fraction of sp³-hybridized carbons (Fsp3) is 0.500. The summed E-state index contributed by atoms with van der Waals surface area (Å²) in [7, 11) is 0. The van der Waals surface area contributed by atoms with Crippen LogP contribution < -0.4 is 10.6 Å². The molecular weight excluding hydrogens is 323 g/mol. The Labute approximate surface area is 138 Å². The van der Waals surface area contributed by atoms with Crippen molar-refractivity contribution in [1.82, 2.24) is 10.2 Å². The van der Waals surface area contributed by atoms with Crippen molar-refractivity contribution in [3.05, 3.63) is 29.8 Å². The largest absolute Gasteiger partial charge is 0.471 e. The molecule has 1 aromatic carbocycles. The number of alkyl halides is 3. The third-order valence-electron chi connectivity index (χ3n) is 3.86. The molecule has 1 aliphatic heterocycles. The predicted octanol–water partition coefficient (Wildman–Crippen LogP) is 2.29. The minimum Gasteiger partial charge on any atom is -0.331 e. The quantitative estimate of drug-likeness (QED) is 0.862. The highest BCUT2D eigenvalue weighted by atomic mass is 19.4. The van der Waals surface area contributed by atoms with Crippen LogP contribution in [0.2, 0.25) is 0 Å². The normalized spacial score (nSPS) is 17.6. The summed E-state index contributed by atoms with van der Waals surface area (Å²) >= 11 is 0. The predicted molar refractivity (Wildman–Crippen MR) is 83.2 cm³/mol. The van der Waals surface area contributed by atoms with Gasteiger partial charge in [0.05, 0.1) is 6.04 Å². The molecule has 0 spiro atoms. The highest BCUT2D eigenvalue weighted by Gasteiger charge is 2.41. The second kappa shape index (κ2) is 7.65. The first-order chi connectivity index (χ1) is 11.3. The maximum absolute atomic E-state index is 12.6. The van der Waals surface area contributed by atoms with Crippen LogP contribution in [0.15, 0.2) is 24.3 Å². The van der Waals surface area contributed by atoms with Crippen molar-refractivity contribution in [2.24, 2.45) is 0 Å². The van der Waals surface area contributed by atoms with Gasteiger partial charge in [-0.25, -0.2) is 0 Å². The third-order valence-corrected chi connectivity index (χ3v) is 3.86. The highest BCUT2D eigenvalue weighted by Crippen LogP contribution is 2.21. The van der Waals surface area contributed by atoms with Crippen molar-refractivity contribution in [3.63, 3.8) is 0 Å². The van der Waals surface area contributed by atoms with Crippen LogP contribution in [0, 0.1) is 0 Å². The molecule has 1 atom stereocenters. The summed E-state index contributed by atoms with van der Waals surface area (Å²) in [6, 6.07) is 6.26. The van der Waals surface area contributed by atoms with Crippen molar-refractivity contribution >= 4 is 17.5 Å². The molecule has 2 N–H and O–H groups in total. The minimum atomic E-state index is -4.89. The van der Waals surface area contributed by atoms with E-state index in [4.69, 9.17) is 0 Å².